The molecule has 0 radical (unpaired) electrons. The molecule has 0 bridgehead atoms. The van der Waals surface area contributed by atoms with E-state index < -0.39 is 0 Å². The molecule has 0 fully saturated rings. The van der Waals surface area contributed by atoms with Gasteiger partial charge in [-0.3, -0.25) is 0 Å². The SMILES string of the molecule is CC1=CC=C(C2=CCC(C)S2)C(N)C1[NH3+]. The van der Waals surface area contributed by atoms with Crippen LogP contribution in [0.5, 0.6) is 0 Å². The van der Waals surface area contributed by atoms with Crippen LogP contribution in [0.15, 0.2) is 34.3 Å². The van der Waals surface area contributed by atoms with E-state index in [0.29, 0.717) is 5.25 Å². The first-order chi connectivity index (χ1) is 7.09. The summed E-state index contributed by atoms with van der Waals surface area (Å²) in [7, 11) is 0. The third-order valence-electron chi connectivity index (χ3n) is 3.15. The third kappa shape index (κ3) is 2.05. The van der Waals surface area contributed by atoms with Gasteiger partial charge >= 0.3 is 0 Å². The molecule has 1 aliphatic carbocycles. The van der Waals surface area contributed by atoms with Gasteiger partial charge in [-0.2, -0.15) is 0 Å². The minimum absolute atomic E-state index is 0.0686. The van der Waals surface area contributed by atoms with Crippen molar-refractivity contribution in [3.05, 3.63) is 34.3 Å². The highest BCUT2D eigenvalue weighted by atomic mass is 32.2. The first kappa shape index (κ1) is 11.0. The zero-order chi connectivity index (χ0) is 11.0. The van der Waals surface area contributed by atoms with Crippen LogP contribution in [0.2, 0.25) is 0 Å². The summed E-state index contributed by atoms with van der Waals surface area (Å²) in [4.78, 5) is 1.37. The Hall–Kier alpha value is -0.510. The largest absolute Gasteiger partial charge is 0.350 e. The van der Waals surface area contributed by atoms with E-state index in [0.717, 1.165) is 6.42 Å². The van der Waals surface area contributed by atoms with Crippen molar-refractivity contribution >= 4 is 11.8 Å². The number of thioether (sulfide) groups is 1. The van der Waals surface area contributed by atoms with Gasteiger partial charge in [-0.1, -0.05) is 25.2 Å². The molecule has 2 rings (SSSR count). The molecule has 0 aromatic rings. The molecular formula is C12H19N2S+. The zero-order valence-corrected chi connectivity index (χ0v) is 10.2. The molecule has 5 N–H and O–H groups in total. The third-order valence-corrected chi connectivity index (χ3v) is 4.40. The minimum atomic E-state index is 0.0686. The highest BCUT2D eigenvalue weighted by Crippen LogP contribution is 2.38. The molecule has 3 unspecified atom stereocenters. The summed E-state index contributed by atoms with van der Waals surface area (Å²) in [6.07, 6.45) is 7.79. The molecule has 1 heterocycles. The molecule has 0 saturated heterocycles. The molecule has 3 heteroatoms. The molecule has 0 aromatic heterocycles. The van der Waals surface area contributed by atoms with Crippen LogP contribution >= 0.6 is 11.8 Å². The van der Waals surface area contributed by atoms with E-state index >= 15 is 0 Å². The van der Waals surface area contributed by atoms with Crippen molar-refractivity contribution in [2.24, 2.45) is 5.73 Å². The molecule has 2 nitrogen and oxygen atoms in total. The first-order valence-electron chi connectivity index (χ1n) is 5.44. The predicted molar refractivity (Wildman–Crippen MR) is 66.2 cm³/mol. The maximum absolute atomic E-state index is 6.21. The van der Waals surface area contributed by atoms with Crippen LogP contribution in [0.3, 0.4) is 0 Å². The van der Waals surface area contributed by atoms with Gasteiger partial charge in [0, 0.05) is 10.2 Å². The Balaban J connectivity index is 2.23. The van der Waals surface area contributed by atoms with Crippen LogP contribution in [0.4, 0.5) is 0 Å². The number of nitrogens with two attached hydrogens (primary N) is 1. The van der Waals surface area contributed by atoms with Gasteiger partial charge in [-0.15, -0.1) is 11.8 Å². The second-order valence-corrected chi connectivity index (χ2v) is 5.88. The Kier molecular flexibility index (Phi) is 3.05. The fourth-order valence-corrected chi connectivity index (χ4v) is 3.13. The fraction of sp³-hybridized carbons (Fsp3) is 0.500. The van der Waals surface area contributed by atoms with Crippen molar-refractivity contribution < 1.29 is 5.73 Å². The average Bonchev–Trinajstić information content (AvgIpc) is 2.61. The van der Waals surface area contributed by atoms with Crippen LogP contribution in [0.1, 0.15) is 20.3 Å². The summed E-state index contributed by atoms with van der Waals surface area (Å²) in [5.41, 5.74) is 12.9. The van der Waals surface area contributed by atoms with Gasteiger partial charge in [-0.05, 0) is 24.5 Å². The quantitative estimate of drug-likeness (QED) is 0.702. The number of hydrogen-bond acceptors (Lipinski definition) is 2. The van der Waals surface area contributed by atoms with E-state index in [4.69, 9.17) is 5.73 Å². The summed E-state index contributed by atoms with van der Waals surface area (Å²) in [6.45, 7) is 4.36. The minimum Gasteiger partial charge on any atom is -0.350 e. The van der Waals surface area contributed by atoms with Gasteiger partial charge in [0.05, 0.1) is 6.04 Å². The van der Waals surface area contributed by atoms with E-state index in [-0.39, 0.29) is 12.1 Å². The van der Waals surface area contributed by atoms with E-state index in [9.17, 15) is 0 Å². The lowest BCUT2D eigenvalue weighted by molar-refractivity contribution is -0.409. The molecule has 0 spiro atoms. The van der Waals surface area contributed by atoms with Gasteiger partial charge < -0.3 is 11.5 Å². The summed E-state index contributed by atoms with van der Waals surface area (Å²) >= 11 is 1.93. The Labute approximate surface area is 95.5 Å². The summed E-state index contributed by atoms with van der Waals surface area (Å²) in [5, 5.41) is 0.698. The van der Waals surface area contributed by atoms with Crippen molar-refractivity contribution in [1.82, 2.24) is 0 Å². The second kappa shape index (κ2) is 4.16. The Bertz CT molecular complexity index is 355. The second-order valence-electron chi connectivity index (χ2n) is 4.40. The highest BCUT2D eigenvalue weighted by Gasteiger charge is 2.29. The topological polar surface area (TPSA) is 53.7 Å². The van der Waals surface area contributed by atoms with Crippen LogP contribution in [-0.4, -0.2) is 17.3 Å². The monoisotopic (exact) mass is 223 g/mol. The van der Waals surface area contributed by atoms with Gasteiger partial charge in [0.2, 0.25) is 0 Å². The molecule has 3 atom stereocenters. The lowest BCUT2D eigenvalue weighted by atomic mass is 9.90. The lowest BCUT2D eigenvalue weighted by Gasteiger charge is -2.24. The zero-order valence-electron chi connectivity index (χ0n) is 9.36. The normalized spacial score (nSPS) is 36.0. The lowest BCUT2D eigenvalue weighted by Crippen LogP contribution is -2.69. The van der Waals surface area contributed by atoms with Crippen LogP contribution in [0.25, 0.3) is 0 Å². The molecule has 0 amide bonds. The molecule has 0 saturated carbocycles. The fourth-order valence-electron chi connectivity index (χ4n) is 1.97. The van der Waals surface area contributed by atoms with Crippen molar-refractivity contribution in [2.75, 3.05) is 0 Å². The maximum Gasteiger partial charge on any atom is 0.126 e. The van der Waals surface area contributed by atoms with Gasteiger partial charge in [0.15, 0.2) is 0 Å². The van der Waals surface area contributed by atoms with Crippen LogP contribution < -0.4 is 11.5 Å². The van der Waals surface area contributed by atoms with E-state index in [2.05, 4.69) is 37.8 Å². The van der Waals surface area contributed by atoms with Crippen molar-refractivity contribution in [3.63, 3.8) is 0 Å². The molecule has 1 aliphatic heterocycles. The van der Waals surface area contributed by atoms with Crippen molar-refractivity contribution in [2.45, 2.75) is 37.6 Å². The summed E-state index contributed by atoms with van der Waals surface area (Å²) in [5.74, 6) is 0. The predicted octanol–water partition coefficient (Wildman–Crippen LogP) is 1.22. The molecule has 2 aliphatic rings. The first-order valence-corrected chi connectivity index (χ1v) is 6.31. The molecule has 0 aromatic carbocycles. The van der Waals surface area contributed by atoms with E-state index in [1.54, 1.807) is 0 Å². The average molecular weight is 223 g/mol. The molecular weight excluding hydrogens is 204 g/mol. The highest BCUT2D eigenvalue weighted by molar-refractivity contribution is 8.04. The number of hydrogen-bond donors (Lipinski definition) is 2. The van der Waals surface area contributed by atoms with Gasteiger partial charge in [0.25, 0.3) is 0 Å². The van der Waals surface area contributed by atoms with Gasteiger partial charge in [-0.25, -0.2) is 0 Å². The van der Waals surface area contributed by atoms with Gasteiger partial charge in [0.1, 0.15) is 6.04 Å². The summed E-state index contributed by atoms with van der Waals surface area (Å²) < 4.78 is 0. The Morgan fingerprint density at radius 3 is 2.80 bits per heavy atom. The van der Waals surface area contributed by atoms with Crippen LogP contribution in [-0.2, 0) is 0 Å². The van der Waals surface area contributed by atoms with Crippen LogP contribution in [0, 0.1) is 0 Å². The molecule has 82 valence electrons. The van der Waals surface area contributed by atoms with E-state index in [1.165, 1.54) is 16.1 Å². The smallest absolute Gasteiger partial charge is 0.126 e. The number of allylic oxidation sites excluding steroid dienone is 3. The molecule has 15 heavy (non-hydrogen) atoms. The van der Waals surface area contributed by atoms with Crippen molar-refractivity contribution in [3.8, 4) is 0 Å². The number of rotatable bonds is 1. The Morgan fingerprint density at radius 1 is 1.47 bits per heavy atom. The standard InChI is InChI=1S/C12H18N2S/c1-7-3-5-9(12(14)11(7)13)10-6-4-8(2)15-10/h3,5-6,8,11-12H,4,13-14H2,1-2H3/p+1. The summed E-state index contributed by atoms with van der Waals surface area (Å²) in [6, 6.07) is 0.293. The van der Waals surface area contributed by atoms with Crippen molar-refractivity contribution in [1.29, 1.82) is 0 Å². The number of quaternary nitrogens is 1. The maximum atomic E-state index is 6.21. The van der Waals surface area contributed by atoms with E-state index in [1.807, 2.05) is 11.8 Å². The Morgan fingerprint density at radius 2 is 2.20 bits per heavy atom.